The molecule has 2 unspecified atom stereocenters. The van der Waals surface area contributed by atoms with Gasteiger partial charge < -0.3 is 15.5 Å². The molecule has 2 rings (SSSR count). The largest absolute Gasteiger partial charge is 0.481 e. The number of carboxylic acid groups (broad SMARTS) is 1. The predicted molar refractivity (Wildman–Crippen MR) is 82.1 cm³/mol. The maximum Gasteiger partial charge on any atom is 0.305 e. The fraction of sp³-hybridized carbons (Fsp3) is 0.588. The van der Waals surface area contributed by atoms with Crippen molar-refractivity contribution in [2.75, 3.05) is 0 Å². The van der Waals surface area contributed by atoms with Gasteiger partial charge in [-0.05, 0) is 36.3 Å². The minimum absolute atomic E-state index is 0.0641. The third-order valence-electron chi connectivity index (χ3n) is 3.77. The van der Waals surface area contributed by atoms with E-state index < -0.39 is 18.1 Å². The van der Waals surface area contributed by atoms with E-state index in [9.17, 15) is 9.90 Å². The molecule has 1 aromatic rings. The standard InChI is InChI=1S/C17H25NO3/c1-11(2)9-12-3-5-13(6-4-12)17(21)15(10-16(19)20)18-14-7-8-14/h3-6,11,14-15,17-18,21H,7-10H2,1-2H3,(H,19,20). The van der Waals surface area contributed by atoms with E-state index in [0.717, 1.165) is 24.8 Å². The van der Waals surface area contributed by atoms with Crippen molar-refractivity contribution in [1.82, 2.24) is 5.32 Å². The van der Waals surface area contributed by atoms with Crippen molar-refractivity contribution in [3.05, 3.63) is 35.4 Å². The van der Waals surface area contributed by atoms with Crippen LogP contribution in [0.2, 0.25) is 0 Å². The van der Waals surface area contributed by atoms with E-state index >= 15 is 0 Å². The van der Waals surface area contributed by atoms with Crippen LogP contribution >= 0.6 is 0 Å². The molecule has 1 aromatic carbocycles. The van der Waals surface area contributed by atoms with Gasteiger partial charge in [0.05, 0.1) is 12.5 Å². The van der Waals surface area contributed by atoms with Crippen LogP contribution < -0.4 is 5.32 Å². The number of hydrogen-bond acceptors (Lipinski definition) is 3. The topological polar surface area (TPSA) is 69.6 Å². The van der Waals surface area contributed by atoms with Gasteiger partial charge in [0.2, 0.25) is 0 Å². The first-order chi connectivity index (χ1) is 9.95. The lowest BCUT2D eigenvalue weighted by Crippen LogP contribution is -2.38. The van der Waals surface area contributed by atoms with Crippen LogP contribution in [0.15, 0.2) is 24.3 Å². The molecular formula is C17H25NO3. The number of nitrogens with one attached hydrogen (secondary N) is 1. The number of carboxylic acids is 1. The van der Waals surface area contributed by atoms with Crippen LogP contribution in [0.4, 0.5) is 0 Å². The molecule has 4 nitrogen and oxygen atoms in total. The van der Waals surface area contributed by atoms with Crippen LogP contribution in [0.5, 0.6) is 0 Å². The first kappa shape index (κ1) is 16.0. The fourth-order valence-electron chi connectivity index (χ4n) is 2.56. The zero-order chi connectivity index (χ0) is 15.4. The molecule has 1 aliphatic carbocycles. The highest BCUT2D eigenvalue weighted by Crippen LogP contribution is 2.26. The fourth-order valence-corrected chi connectivity index (χ4v) is 2.56. The smallest absolute Gasteiger partial charge is 0.305 e. The lowest BCUT2D eigenvalue weighted by Gasteiger charge is -2.23. The van der Waals surface area contributed by atoms with Crippen molar-refractivity contribution in [3.8, 4) is 0 Å². The summed E-state index contributed by atoms with van der Waals surface area (Å²) in [5.74, 6) is -0.291. The second-order valence-corrected chi connectivity index (χ2v) is 6.43. The van der Waals surface area contributed by atoms with Crippen molar-refractivity contribution < 1.29 is 15.0 Å². The highest BCUT2D eigenvalue weighted by atomic mass is 16.4. The van der Waals surface area contributed by atoms with Gasteiger partial charge in [0.25, 0.3) is 0 Å². The first-order valence-corrected chi connectivity index (χ1v) is 7.70. The monoisotopic (exact) mass is 291 g/mol. The Labute approximate surface area is 126 Å². The minimum Gasteiger partial charge on any atom is -0.481 e. The summed E-state index contributed by atoms with van der Waals surface area (Å²) in [6.45, 7) is 4.34. The number of aliphatic carboxylic acids is 1. The summed E-state index contributed by atoms with van der Waals surface area (Å²) in [5.41, 5.74) is 2.02. The van der Waals surface area contributed by atoms with Crippen LogP contribution in [0.1, 0.15) is 50.3 Å². The summed E-state index contributed by atoms with van der Waals surface area (Å²) < 4.78 is 0. The van der Waals surface area contributed by atoms with Crippen LogP contribution in [-0.2, 0) is 11.2 Å². The zero-order valence-corrected chi connectivity index (χ0v) is 12.7. The maximum absolute atomic E-state index is 11.0. The van der Waals surface area contributed by atoms with Crippen molar-refractivity contribution in [1.29, 1.82) is 0 Å². The summed E-state index contributed by atoms with van der Waals surface area (Å²) in [6.07, 6.45) is 2.29. The Bertz CT molecular complexity index is 465. The number of rotatable bonds is 8. The summed E-state index contributed by atoms with van der Waals surface area (Å²) in [6, 6.07) is 7.80. The lowest BCUT2D eigenvalue weighted by molar-refractivity contribution is -0.138. The summed E-state index contributed by atoms with van der Waals surface area (Å²) in [7, 11) is 0. The first-order valence-electron chi connectivity index (χ1n) is 7.70. The highest BCUT2D eigenvalue weighted by Gasteiger charge is 2.30. The molecule has 0 amide bonds. The van der Waals surface area contributed by atoms with E-state index in [0.29, 0.717) is 12.0 Å². The van der Waals surface area contributed by atoms with Crippen molar-refractivity contribution in [3.63, 3.8) is 0 Å². The molecule has 0 saturated heterocycles. The molecule has 21 heavy (non-hydrogen) atoms. The maximum atomic E-state index is 11.0. The number of aliphatic hydroxyl groups excluding tert-OH is 1. The minimum atomic E-state index is -0.886. The molecule has 1 aliphatic rings. The average Bonchev–Trinajstić information content (AvgIpc) is 3.21. The molecule has 0 aliphatic heterocycles. The van der Waals surface area contributed by atoms with Gasteiger partial charge in [-0.2, -0.15) is 0 Å². The van der Waals surface area contributed by atoms with E-state index in [-0.39, 0.29) is 6.42 Å². The highest BCUT2D eigenvalue weighted by molar-refractivity contribution is 5.67. The van der Waals surface area contributed by atoms with Crippen LogP contribution in [-0.4, -0.2) is 28.3 Å². The quantitative estimate of drug-likeness (QED) is 0.688. The van der Waals surface area contributed by atoms with Gasteiger partial charge in [0, 0.05) is 12.1 Å². The van der Waals surface area contributed by atoms with Gasteiger partial charge in [-0.15, -0.1) is 0 Å². The second kappa shape index (κ2) is 7.05. The van der Waals surface area contributed by atoms with Gasteiger partial charge in [-0.1, -0.05) is 38.1 Å². The summed E-state index contributed by atoms with van der Waals surface area (Å²) in [4.78, 5) is 11.0. The van der Waals surface area contributed by atoms with Gasteiger partial charge in [0.15, 0.2) is 0 Å². The molecule has 0 bridgehead atoms. The van der Waals surface area contributed by atoms with Gasteiger partial charge in [0.1, 0.15) is 0 Å². The Morgan fingerprint density at radius 3 is 2.38 bits per heavy atom. The second-order valence-electron chi connectivity index (χ2n) is 6.43. The Morgan fingerprint density at radius 2 is 1.90 bits per heavy atom. The van der Waals surface area contributed by atoms with Gasteiger partial charge >= 0.3 is 5.97 Å². The average molecular weight is 291 g/mol. The Morgan fingerprint density at radius 1 is 1.29 bits per heavy atom. The predicted octanol–water partition coefficient (Wildman–Crippen LogP) is 2.51. The van der Waals surface area contributed by atoms with Gasteiger partial charge in [-0.25, -0.2) is 0 Å². The molecule has 0 aromatic heterocycles. The van der Waals surface area contributed by atoms with Crippen LogP contribution in [0.25, 0.3) is 0 Å². The van der Waals surface area contributed by atoms with Crippen LogP contribution in [0.3, 0.4) is 0 Å². The Hall–Kier alpha value is -1.39. The van der Waals surface area contributed by atoms with Crippen molar-refractivity contribution in [2.24, 2.45) is 5.92 Å². The molecule has 116 valence electrons. The van der Waals surface area contributed by atoms with E-state index in [1.807, 2.05) is 24.3 Å². The molecule has 0 radical (unpaired) electrons. The number of hydrogen-bond donors (Lipinski definition) is 3. The molecule has 0 spiro atoms. The van der Waals surface area contributed by atoms with Crippen molar-refractivity contribution in [2.45, 2.75) is 57.7 Å². The van der Waals surface area contributed by atoms with E-state index in [1.165, 1.54) is 5.56 Å². The Balaban J connectivity index is 2.03. The molecule has 4 heteroatoms. The molecule has 0 heterocycles. The van der Waals surface area contributed by atoms with E-state index in [4.69, 9.17) is 5.11 Å². The van der Waals surface area contributed by atoms with Gasteiger partial charge in [-0.3, -0.25) is 4.79 Å². The molecule has 1 fully saturated rings. The van der Waals surface area contributed by atoms with Crippen LogP contribution in [0, 0.1) is 5.92 Å². The number of benzene rings is 1. The van der Waals surface area contributed by atoms with E-state index in [1.54, 1.807) is 0 Å². The SMILES string of the molecule is CC(C)Cc1ccc(C(O)C(CC(=O)O)NC2CC2)cc1. The van der Waals surface area contributed by atoms with Crippen molar-refractivity contribution >= 4 is 5.97 Å². The zero-order valence-electron chi connectivity index (χ0n) is 12.7. The summed E-state index contributed by atoms with van der Waals surface area (Å²) >= 11 is 0. The third kappa shape index (κ3) is 5.14. The molecule has 1 saturated carbocycles. The normalized spacial score (nSPS) is 17.7. The molecule has 3 N–H and O–H groups in total. The lowest BCUT2D eigenvalue weighted by atomic mass is 9.96. The number of aliphatic hydroxyl groups is 1. The number of carbonyl (C=O) groups is 1. The molecule has 2 atom stereocenters. The van der Waals surface area contributed by atoms with E-state index in [2.05, 4.69) is 19.2 Å². The molecular weight excluding hydrogens is 266 g/mol. The summed E-state index contributed by atoms with van der Waals surface area (Å²) in [5, 5.41) is 22.7. The Kier molecular flexibility index (Phi) is 5.37. The third-order valence-corrected chi connectivity index (χ3v) is 3.77.